The zero-order valence-corrected chi connectivity index (χ0v) is 14.5. The third kappa shape index (κ3) is 1.93. The third-order valence-corrected chi connectivity index (χ3v) is 5.12. The molecule has 0 N–H and O–H groups in total. The molecule has 1 nitrogen and oxygen atoms in total. The van der Waals surface area contributed by atoms with Crippen LogP contribution in [0.5, 0.6) is 0 Å². The van der Waals surface area contributed by atoms with Gasteiger partial charge in [-0.25, -0.2) is 0 Å². The summed E-state index contributed by atoms with van der Waals surface area (Å²) in [6.07, 6.45) is 0. The smallest absolute Gasteiger partial charge is 0.0546 e. The first-order chi connectivity index (χ1) is 11.8. The molecule has 24 heavy (non-hydrogen) atoms. The van der Waals surface area contributed by atoms with E-state index in [1.807, 2.05) is 0 Å². The van der Waals surface area contributed by atoms with Crippen LogP contribution in [0.1, 0.15) is 0 Å². The minimum absolute atomic E-state index is 1.10. The summed E-state index contributed by atoms with van der Waals surface area (Å²) in [5.74, 6) is 0. The predicted molar refractivity (Wildman–Crippen MR) is 105 cm³/mol. The lowest BCUT2D eigenvalue weighted by molar-refractivity contribution is 1.28. The molecule has 0 radical (unpaired) electrons. The highest BCUT2D eigenvalue weighted by Gasteiger charge is 2.25. The van der Waals surface area contributed by atoms with Gasteiger partial charge in [-0.15, -0.1) is 0 Å². The third-order valence-electron chi connectivity index (χ3n) is 4.63. The molecule has 0 atom stereocenters. The number of anilines is 3. The van der Waals surface area contributed by atoms with E-state index in [4.69, 9.17) is 0 Å². The Morgan fingerprint density at radius 1 is 0.625 bits per heavy atom. The molecule has 0 bridgehead atoms. The van der Waals surface area contributed by atoms with Crippen LogP contribution in [0.3, 0.4) is 0 Å². The van der Waals surface area contributed by atoms with Crippen LogP contribution in [-0.2, 0) is 0 Å². The highest BCUT2D eigenvalue weighted by Crippen LogP contribution is 2.51. The van der Waals surface area contributed by atoms with Gasteiger partial charge in [0.05, 0.1) is 11.4 Å². The van der Waals surface area contributed by atoms with Crippen molar-refractivity contribution >= 4 is 43.8 Å². The normalized spacial score (nSPS) is 12.3. The van der Waals surface area contributed by atoms with Crippen LogP contribution in [0.4, 0.5) is 17.1 Å². The summed E-state index contributed by atoms with van der Waals surface area (Å²) in [6, 6.07) is 30.2. The number of rotatable bonds is 1. The molecule has 114 valence electrons. The van der Waals surface area contributed by atoms with Crippen LogP contribution >= 0.6 is 15.9 Å². The maximum absolute atomic E-state index is 3.64. The quantitative estimate of drug-likeness (QED) is 0.305. The monoisotopic (exact) mass is 371 g/mol. The van der Waals surface area contributed by atoms with Gasteiger partial charge in [-0.2, -0.15) is 0 Å². The van der Waals surface area contributed by atoms with Crippen LogP contribution in [-0.4, -0.2) is 0 Å². The fourth-order valence-electron chi connectivity index (χ4n) is 3.64. The molecular weight excluding hydrogens is 358 g/mol. The number of halogens is 1. The second-order valence-electron chi connectivity index (χ2n) is 6.01. The molecule has 0 saturated heterocycles. The maximum Gasteiger partial charge on any atom is 0.0546 e. The molecule has 0 aliphatic carbocycles. The van der Waals surface area contributed by atoms with E-state index < -0.39 is 0 Å². The van der Waals surface area contributed by atoms with E-state index in [2.05, 4.69) is 106 Å². The van der Waals surface area contributed by atoms with Crippen molar-refractivity contribution in [2.24, 2.45) is 0 Å². The maximum atomic E-state index is 3.64. The Morgan fingerprint density at radius 2 is 1.42 bits per heavy atom. The Morgan fingerprint density at radius 3 is 2.25 bits per heavy atom. The lowest BCUT2D eigenvalue weighted by Crippen LogP contribution is -2.14. The molecule has 0 aromatic heterocycles. The molecule has 0 unspecified atom stereocenters. The van der Waals surface area contributed by atoms with Crippen molar-refractivity contribution in [3.63, 3.8) is 0 Å². The van der Waals surface area contributed by atoms with Gasteiger partial charge in [-0.3, -0.25) is 0 Å². The van der Waals surface area contributed by atoms with E-state index in [0.29, 0.717) is 0 Å². The standard InChI is InChI=1S/C22H14BrN/c23-16-12-13-20-19(14-16)18-10-4-6-15-7-5-11-21(22(15)18)24(20)17-8-2-1-3-9-17/h1-14H. The Hall–Kier alpha value is -2.58. The molecule has 0 amide bonds. The van der Waals surface area contributed by atoms with E-state index in [0.717, 1.165) is 4.47 Å². The zero-order chi connectivity index (χ0) is 16.1. The summed E-state index contributed by atoms with van der Waals surface area (Å²) in [4.78, 5) is 2.36. The molecule has 5 rings (SSSR count). The topological polar surface area (TPSA) is 3.24 Å². The van der Waals surface area contributed by atoms with Gasteiger partial charge in [0.25, 0.3) is 0 Å². The number of fused-ring (bicyclic) bond motifs is 2. The highest BCUT2D eigenvalue weighted by atomic mass is 79.9. The summed E-state index contributed by atoms with van der Waals surface area (Å²) >= 11 is 3.64. The first-order valence-corrected chi connectivity index (χ1v) is 8.79. The van der Waals surface area contributed by atoms with Crippen molar-refractivity contribution in [3.05, 3.63) is 89.4 Å². The second-order valence-corrected chi connectivity index (χ2v) is 6.93. The molecule has 1 aliphatic heterocycles. The summed E-state index contributed by atoms with van der Waals surface area (Å²) in [5.41, 5.74) is 6.20. The molecule has 4 aromatic rings. The van der Waals surface area contributed by atoms with Gasteiger partial charge < -0.3 is 4.90 Å². The fraction of sp³-hybridized carbons (Fsp3) is 0. The molecule has 1 aliphatic rings. The van der Waals surface area contributed by atoms with Crippen molar-refractivity contribution in [1.29, 1.82) is 0 Å². The molecule has 1 heterocycles. The Kier molecular flexibility index (Phi) is 3.00. The molecule has 0 spiro atoms. The zero-order valence-electron chi connectivity index (χ0n) is 12.9. The number of nitrogens with zero attached hydrogens (tertiary/aromatic N) is 1. The van der Waals surface area contributed by atoms with E-state index in [9.17, 15) is 0 Å². The van der Waals surface area contributed by atoms with Gasteiger partial charge >= 0.3 is 0 Å². The highest BCUT2D eigenvalue weighted by molar-refractivity contribution is 9.10. The largest absolute Gasteiger partial charge is 0.309 e. The summed E-state index contributed by atoms with van der Waals surface area (Å²) < 4.78 is 1.10. The lowest BCUT2D eigenvalue weighted by atomic mass is 9.91. The first-order valence-electron chi connectivity index (χ1n) is 8.00. The average molecular weight is 372 g/mol. The van der Waals surface area contributed by atoms with Crippen LogP contribution < -0.4 is 4.90 Å². The predicted octanol–water partition coefficient (Wildman–Crippen LogP) is 7.05. The fourth-order valence-corrected chi connectivity index (χ4v) is 4.00. The Bertz CT molecular complexity index is 1060. The van der Waals surface area contributed by atoms with Crippen molar-refractivity contribution in [2.75, 3.05) is 4.90 Å². The lowest BCUT2D eigenvalue weighted by Gasteiger charge is -2.33. The Balaban J connectivity index is 1.95. The summed E-state index contributed by atoms with van der Waals surface area (Å²) in [7, 11) is 0. The molecule has 2 heteroatoms. The van der Waals surface area contributed by atoms with Crippen molar-refractivity contribution in [2.45, 2.75) is 0 Å². The number of benzene rings is 4. The number of hydrogen-bond donors (Lipinski definition) is 0. The second kappa shape index (κ2) is 5.22. The van der Waals surface area contributed by atoms with Crippen LogP contribution in [0, 0.1) is 0 Å². The van der Waals surface area contributed by atoms with Crippen LogP contribution in [0.25, 0.3) is 21.9 Å². The summed E-state index contributed by atoms with van der Waals surface area (Å²) in [6.45, 7) is 0. The van der Waals surface area contributed by atoms with Gasteiger partial charge in [0.15, 0.2) is 0 Å². The Labute approximate surface area is 149 Å². The molecule has 0 fully saturated rings. The average Bonchev–Trinajstić information content (AvgIpc) is 2.63. The molecular formula is C22H14BrN. The number of para-hydroxylation sites is 1. The van der Waals surface area contributed by atoms with E-state index in [1.165, 1.54) is 39.0 Å². The number of hydrogen-bond acceptors (Lipinski definition) is 1. The summed E-state index contributed by atoms with van der Waals surface area (Å²) in [5, 5.41) is 2.59. The van der Waals surface area contributed by atoms with Crippen molar-refractivity contribution in [1.82, 2.24) is 0 Å². The molecule has 4 aromatic carbocycles. The minimum atomic E-state index is 1.10. The SMILES string of the molecule is Brc1ccc2c(c1)-c1cccc3cccc(c13)N2c1ccccc1. The van der Waals surface area contributed by atoms with E-state index in [1.54, 1.807) is 0 Å². The van der Waals surface area contributed by atoms with Gasteiger partial charge in [0.2, 0.25) is 0 Å². The minimum Gasteiger partial charge on any atom is -0.309 e. The van der Waals surface area contributed by atoms with E-state index in [-0.39, 0.29) is 0 Å². The van der Waals surface area contributed by atoms with Crippen molar-refractivity contribution in [3.8, 4) is 11.1 Å². The molecule has 0 saturated carbocycles. The van der Waals surface area contributed by atoms with Gasteiger partial charge in [0.1, 0.15) is 0 Å². The van der Waals surface area contributed by atoms with Gasteiger partial charge in [-0.05, 0) is 47.3 Å². The van der Waals surface area contributed by atoms with E-state index >= 15 is 0 Å². The van der Waals surface area contributed by atoms with Gasteiger partial charge in [0, 0.05) is 21.1 Å². The van der Waals surface area contributed by atoms with Crippen LogP contribution in [0.15, 0.2) is 89.4 Å². The van der Waals surface area contributed by atoms with Crippen molar-refractivity contribution < 1.29 is 0 Å². The van der Waals surface area contributed by atoms with Gasteiger partial charge in [-0.1, -0.05) is 64.5 Å². The van der Waals surface area contributed by atoms with Crippen LogP contribution in [0.2, 0.25) is 0 Å². The first kappa shape index (κ1) is 13.8.